The molecule has 0 radical (unpaired) electrons. The molecule has 55 heteroatoms. The van der Waals surface area contributed by atoms with Gasteiger partial charge in [0.25, 0.3) is 0 Å². The lowest BCUT2D eigenvalue weighted by Crippen LogP contribution is -2.71. The van der Waals surface area contributed by atoms with Gasteiger partial charge in [0.1, 0.15) is 244 Å². The second-order valence-electron chi connectivity index (χ2n) is 30.7. The zero-order chi connectivity index (χ0) is 90.9. The molecule has 714 valence electrons. The van der Waals surface area contributed by atoms with Crippen molar-refractivity contribution in [3.8, 4) is 0 Å². The van der Waals surface area contributed by atoms with Crippen LogP contribution in [0.5, 0.6) is 0 Å². The SMILES string of the molecule is CC(=O)N[C@H]1[C@H](O[C@H]2[C@@H](O)[C@@H](CO)O[C@@H](O[C@H]3[C@H](O)[C@@H](NC(C)=O)[C@H](O[C@H]4[C@@H](O)[C@@H](CO)O[C@@H](O[C@H]5[C@H](O)[C@@H](NC(C)=O)[C@H](O[C@H]6[C@@H](O)[C@@H](CO)O[C@@H](O[C@H]7[C@H](O)[C@@H](NC(C)=O)[C@H](O[C@H]8[C@@H](O)[C@@H](CO)O[C@@H](O[C@@H]([C@H](O)[C@@H](O)CO)[C@H](O)CO)[C@@H]8O)O[C@@H]7CO)[C@@H]6O)O[C@@H]5CO)[C@@H]4O)O[C@@H]3CO)[C@@H]2O)O[C@H](CO)[C@@H](O[C@@H]2O[C@H](CO)[C@H](O)[C@H](O)[C@H]2O)[C@@H]1O. The van der Waals surface area contributed by atoms with Crippen molar-refractivity contribution in [3.05, 3.63) is 0 Å². The molecule has 4 amide bonds. The van der Waals surface area contributed by atoms with E-state index in [1.807, 2.05) is 0 Å². The molecule has 33 N–H and O–H groups in total. The molecule has 0 aromatic rings. The third-order valence-corrected chi connectivity index (χ3v) is 22.1. The highest BCUT2D eigenvalue weighted by Gasteiger charge is 2.62. The molecular weight excluding hydrogens is 1690 g/mol. The highest BCUT2D eigenvalue weighted by atomic mass is 16.8. The van der Waals surface area contributed by atoms with Crippen LogP contribution in [-0.2, 0) is 104 Å². The second-order valence-corrected chi connectivity index (χ2v) is 30.7. The lowest BCUT2D eigenvalue weighted by atomic mass is 9.93. The Morgan fingerprint density at radius 3 is 0.675 bits per heavy atom. The number of rotatable bonds is 36. The highest BCUT2D eigenvalue weighted by molar-refractivity contribution is 5.74. The third kappa shape index (κ3) is 23.1. The number of carbonyl (C=O) groups is 4. The summed E-state index contributed by atoms with van der Waals surface area (Å²) in [6, 6.07) is -7.71. The first-order chi connectivity index (χ1) is 58.2. The van der Waals surface area contributed by atoms with Crippen LogP contribution >= 0.6 is 0 Å². The fraction of sp³-hybridized carbons (Fsp3) is 0.941. The molecule has 0 spiro atoms. The first kappa shape index (κ1) is 103. The first-order valence-electron chi connectivity index (χ1n) is 39.1. The molecule has 55 nitrogen and oxygen atoms in total. The lowest BCUT2D eigenvalue weighted by Gasteiger charge is -2.51. The quantitative estimate of drug-likeness (QED) is 0.0277. The zero-order valence-electron chi connectivity index (χ0n) is 66.0. The second kappa shape index (κ2) is 45.7. The van der Waals surface area contributed by atoms with Crippen molar-refractivity contribution in [1.82, 2.24) is 21.3 Å². The Morgan fingerprint density at radius 1 is 0.244 bits per heavy atom. The molecule has 0 saturated carbocycles. The number of ether oxygens (including phenoxy) is 18. The summed E-state index contributed by atoms with van der Waals surface area (Å²) in [7, 11) is 0. The Morgan fingerprint density at radius 2 is 0.447 bits per heavy atom. The predicted molar refractivity (Wildman–Crippen MR) is 378 cm³/mol. The normalized spacial score (nSPS) is 46.7. The van der Waals surface area contributed by atoms with E-state index in [-0.39, 0.29) is 0 Å². The molecule has 49 atom stereocenters. The Balaban J connectivity index is 0.893. The van der Waals surface area contributed by atoms with Gasteiger partial charge in [0.15, 0.2) is 56.6 Å². The van der Waals surface area contributed by atoms with Gasteiger partial charge < -0.3 is 255 Å². The van der Waals surface area contributed by atoms with Crippen molar-refractivity contribution in [3.63, 3.8) is 0 Å². The molecule has 0 unspecified atom stereocenters. The Hall–Kier alpha value is -4.00. The number of hydrogen-bond donors (Lipinski definition) is 33. The minimum absolute atomic E-state index is 0.888. The number of amides is 4. The smallest absolute Gasteiger partial charge is 0.217 e. The van der Waals surface area contributed by atoms with Gasteiger partial charge in [-0.25, -0.2) is 0 Å². The maximum absolute atomic E-state index is 13.0. The largest absolute Gasteiger partial charge is 0.394 e. The number of aliphatic hydroxyl groups is 29. The number of hydrogen-bond acceptors (Lipinski definition) is 51. The number of aliphatic hydroxyl groups excluding tert-OH is 29. The molecule has 0 aliphatic carbocycles. The summed E-state index contributed by atoms with van der Waals surface area (Å²) >= 11 is 0. The van der Waals surface area contributed by atoms with E-state index in [0.717, 1.165) is 27.7 Å². The van der Waals surface area contributed by atoms with Gasteiger partial charge >= 0.3 is 0 Å². The van der Waals surface area contributed by atoms with E-state index in [2.05, 4.69) is 21.3 Å². The molecule has 9 heterocycles. The summed E-state index contributed by atoms with van der Waals surface area (Å²) in [5, 5.41) is 328. The fourth-order valence-electron chi connectivity index (χ4n) is 15.7. The summed E-state index contributed by atoms with van der Waals surface area (Å²) in [6.45, 7) is -8.57. The average Bonchev–Trinajstić information content (AvgIpc) is 0.766. The van der Waals surface area contributed by atoms with Gasteiger partial charge in [-0.3, -0.25) is 19.2 Å². The molecular formula is C68H116N4O51. The van der Waals surface area contributed by atoms with Crippen molar-refractivity contribution in [1.29, 1.82) is 0 Å². The molecule has 0 bridgehead atoms. The summed E-state index contributed by atoms with van der Waals surface area (Å²) in [5.74, 6) is -3.79. The van der Waals surface area contributed by atoms with Gasteiger partial charge in [0, 0.05) is 27.7 Å². The van der Waals surface area contributed by atoms with Crippen LogP contribution in [0.2, 0.25) is 0 Å². The molecule has 9 fully saturated rings. The van der Waals surface area contributed by atoms with Crippen LogP contribution in [0, 0.1) is 0 Å². The lowest BCUT2D eigenvalue weighted by molar-refractivity contribution is -0.390. The van der Waals surface area contributed by atoms with Crippen LogP contribution in [0.25, 0.3) is 0 Å². The van der Waals surface area contributed by atoms with Gasteiger partial charge in [-0.15, -0.1) is 0 Å². The van der Waals surface area contributed by atoms with Crippen LogP contribution < -0.4 is 21.3 Å². The van der Waals surface area contributed by atoms with Crippen molar-refractivity contribution in [2.24, 2.45) is 0 Å². The summed E-state index contributed by atoms with van der Waals surface area (Å²) in [5.41, 5.74) is 0. The van der Waals surface area contributed by atoms with E-state index < -0.39 is 397 Å². The zero-order valence-corrected chi connectivity index (χ0v) is 66.0. The van der Waals surface area contributed by atoms with E-state index in [0.29, 0.717) is 0 Å². The summed E-state index contributed by atoms with van der Waals surface area (Å²) in [6.07, 6.45) is -93.3. The van der Waals surface area contributed by atoms with Crippen LogP contribution in [-0.4, -0.2) is 545 Å². The van der Waals surface area contributed by atoms with Crippen LogP contribution in [0.1, 0.15) is 27.7 Å². The molecule has 9 rings (SSSR count). The van der Waals surface area contributed by atoms with Gasteiger partial charge in [-0.05, 0) is 0 Å². The van der Waals surface area contributed by atoms with E-state index >= 15 is 0 Å². The van der Waals surface area contributed by atoms with Gasteiger partial charge in [-0.2, -0.15) is 0 Å². The third-order valence-electron chi connectivity index (χ3n) is 22.1. The van der Waals surface area contributed by atoms with Crippen molar-refractivity contribution >= 4 is 23.6 Å². The maximum atomic E-state index is 13.0. The van der Waals surface area contributed by atoms with Gasteiger partial charge in [0.05, 0.1) is 72.7 Å². The summed E-state index contributed by atoms with van der Waals surface area (Å²) < 4.78 is 105. The molecule has 123 heavy (non-hydrogen) atoms. The molecule has 9 saturated heterocycles. The highest BCUT2D eigenvalue weighted by Crippen LogP contribution is 2.41. The fourth-order valence-corrected chi connectivity index (χ4v) is 15.7. The monoisotopic (exact) mass is 1800 g/mol. The number of nitrogens with one attached hydrogen (secondary N) is 4. The minimum atomic E-state index is -2.41. The molecule has 0 aromatic heterocycles. The van der Waals surface area contributed by atoms with E-state index in [1.54, 1.807) is 0 Å². The van der Waals surface area contributed by atoms with Crippen LogP contribution in [0.3, 0.4) is 0 Å². The van der Waals surface area contributed by atoms with Crippen molar-refractivity contribution in [2.75, 3.05) is 72.7 Å². The molecule has 0 aromatic carbocycles. The molecule has 9 aliphatic rings. The van der Waals surface area contributed by atoms with Crippen molar-refractivity contribution < 1.29 is 253 Å². The van der Waals surface area contributed by atoms with E-state index in [1.165, 1.54) is 0 Å². The predicted octanol–water partition coefficient (Wildman–Crippen LogP) is -22.6. The number of carbonyl (C=O) groups excluding carboxylic acids is 4. The average molecular weight is 1810 g/mol. The Labute approximate surface area is 696 Å². The Bertz CT molecular complexity index is 3260. The molecule has 9 aliphatic heterocycles. The summed E-state index contributed by atoms with van der Waals surface area (Å²) in [4.78, 5) is 51.5. The minimum Gasteiger partial charge on any atom is -0.394 e. The van der Waals surface area contributed by atoms with Crippen molar-refractivity contribution in [2.45, 2.75) is 328 Å². The van der Waals surface area contributed by atoms with E-state index in [4.69, 9.17) is 85.3 Å². The van der Waals surface area contributed by atoms with Crippen LogP contribution in [0.15, 0.2) is 0 Å². The van der Waals surface area contributed by atoms with Gasteiger partial charge in [0.2, 0.25) is 23.6 Å². The topological polar surface area (TPSA) is 869 Å². The van der Waals surface area contributed by atoms with Gasteiger partial charge in [-0.1, -0.05) is 0 Å². The maximum Gasteiger partial charge on any atom is 0.217 e. The Kier molecular flexibility index (Phi) is 38.2. The standard InChI is InChI=1S/C68H116N4O51/c1-16(84)69-31-41(96)52(116-64-46(101)45(100)36(91)22(7-75)106-64)27(12-80)111-60(31)121-57-38(93)24(9-77)108-66(48(57)103)118-54-29(14-82)113-62(33(43(54)98)71-18(3)86)123-59-40(95)26(11-79)110-68(50(59)105)119-55-30(15-83)114-63(34(44(55)99)72-19(4)87)122-58-39(94)25(10-78)109-67(49(58)104)117-53-28(13-81)112-61(32(42(53)97)70-17(2)85)120-56-37(92)23(8-76)107-65(47(56)102)115-51(21(89)6-74)35(90)20(88)5-73/h20-68,73-83,88-105H,5-15H2,1-4H3,(H,69,84)(H,70,85)(H,71,86)(H,72,87)/t20-,21+,22+,23+,24+,25+,26+,27+,28+,29+,30+,31+,32+,33+,34+,35+,36-,37-,38-,39-,40-,41+,42+,43+,44+,45-,46+,47+,48+,49+,50+,51+,52+,53+,54+,55+,56-,57-,58-,59-,60-,61-,62-,63-,64-,65-,66-,67-,68-/m0/s1. The first-order valence-corrected chi connectivity index (χ1v) is 39.1. The van der Waals surface area contributed by atoms with E-state index in [9.17, 15) is 167 Å². The van der Waals surface area contributed by atoms with Crippen LogP contribution in [0.4, 0.5) is 0 Å².